The number of benzene rings is 1. The summed E-state index contributed by atoms with van der Waals surface area (Å²) in [4.78, 5) is 12.3. The fourth-order valence-electron chi connectivity index (χ4n) is 2.00. The van der Waals surface area contributed by atoms with Gasteiger partial charge in [-0.3, -0.25) is 10.2 Å². The third-order valence-corrected chi connectivity index (χ3v) is 3.28. The van der Waals surface area contributed by atoms with Gasteiger partial charge in [0.15, 0.2) is 0 Å². The van der Waals surface area contributed by atoms with Gasteiger partial charge in [0.2, 0.25) is 0 Å². The Balaban J connectivity index is 1.97. The van der Waals surface area contributed by atoms with Crippen molar-refractivity contribution < 1.29 is 4.79 Å². The van der Waals surface area contributed by atoms with Crippen LogP contribution < -0.4 is 11.2 Å². The van der Waals surface area contributed by atoms with E-state index in [0.717, 1.165) is 31.5 Å². The van der Waals surface area contributed by atoms with Gasteiger partial charge in [0, 0.05) is 24.2 Å². The van der Waals surface area contributed by atoms with E-state index in [9.17, 15) is 4.79 Å². The average molecular weight is 263 g/mol. The van der Waals surface area contributed by atoms with Crippen molar-refractivity contribution in [2.75, 3.05) is 13.1 Å². The van der Waals surface area contributed by atoms with Gasteiger partial charge >= 0.3 is 0 Å². The summed E-state index contributed by atoms with van der Waals surface area (Å²) in [6, 6.07) is 7.03. The minimum Gasteiger partial charge on any atom is -0.389 e. The lowest BCUT2D eigenvalue weighted by atomic mass is 10.1. The number of hydrazine groups is 1. The lowest BCUT2D eigenvalue weighted by molar-refractivity contribution is 0.0750. The van der Waals surface area contributed by atoms with Gasteiger partial charge < -0.3 is 5.73 Å². The molecule has 0 unspecified atom stereocenters. The maximum absolute atomic E-state index is 12.0. The first-order valence-electron chi connectivity index (χ1n) is 6.12. The van der Waals surface area contributed by atoms with Gasteiger partial charge in [-0.05, 0) is 25.0 Å². The average Bonchev–Trinajstić information content (AvgIpc) is 2.40. The number of nitrogens with zero attached hydrogens (tertiary/aromatic N) is 1. The molecular weight excluding hydrogens is 246 g/mol. The molecule has 3 N–H and O–H groups in total. The number of hydrogen-bond acceptors (Lipinski definition) is 3. The highest BCUT2D eigenvalue weighted by Gasteiger charge is 2.13. The topological polar surface area (TPSA) is 58.4 Å². The summed E-state index contributed by atoms with van der Waals surface area (Å²) in [5.41, 5.74) is 9.83. The lowest BCUT2D eigenvalue weighted by Gasteiger charge is -2.26. The fraction of sp³-hybridized carbons (Fsp3) is 0.385. The number of carbonyl (C=O) groups is 1. The zero-order valence-corrected chi connectivity index (χ0v) is 11.0. The highest BCUT2D eigenvalue weighted by Crippen LogP contribution is 2.08. The highest BCUT2D eigenvalue weighted by molar-refractivity contribution is 7.80. The number of nitrogens with two attached hydrogens (primary N) is 1. The molecule has 96 valence electrons. The molecule has 0 aromatic heterocycles. The molecule has 1 aromatic rings. The van der Waals surface area contributed by atoms with E-state index < -0.39 is 0 Å². The molecule has 0 radical (unpaired) electrons. The Morgan fingerprint density at radius 3 is 2.22 bits per heavy atom. The molecule has 5 heteroatoms. The van der Waals surface area contributed by atoms with Crippen LogP contribution in [0.4, 0.5) is 0 Å². The van der Waals surface area contributed by atoms with Gasteiger partial charge in [-0.25, -0.2) is 5.01 Å². The van der Waals surface area contributed by atoms with Crippen molar-refractivity contribution in [3.05, 3.63) is 35.4 Å². The molecule has 0 bridgehead atoms. The minimum atomic E-state index is -0.0774. The first-order chi connectivity index (χ1) is 8.66. The second-order valence-electron chi connectivity index (χ2n) is 4.43. The Hall–Kier alpha value is -1.46. The third kappa shape index (κ3) is 3.27. The van der Waals surface area contributed by atoms with Crippen LogP contribution in [0.2, 0.25) is 0 Å². The maximum atomic E-state index is 12.0. The Labute approximate surface area is 112 Å². The van der Waals surface area contributed by atoms with Gasteiger partial charge in [-0.15, -0.1) is 0 Å². The number of rotatable bonds is 3. The molecule has 18 heavy (non-hydrogen) atoms. The smallest absolute Gasteiger partial charge is 0.265 e. The summed E-state index contributed by atoms with van der Waals surface area (Å²) in [6.45, 7) is 1.85. The second-order valence-corrected chi connectivity index (χ2v) is 4.87. The molecule has 0 aliphatic carbocycles. The molecule has 1 amide bonds. The predicted octanol–water partition coefficient (Wildman–Crippen LogP) is 1.45. The molecule has 1 aliphatic heterocycles. The van der Waals surface area contributed by atoms with Crippen molar-refractivity contribution in [1.29, 1.82) is 0 Å². The van der Waals surface area contributed by atoms with Crippen LogP contribution in [-0.4, -0.2) is 29.0 Å². The highest BCUT2D eigenvalue weighted by atomic mass is 32.1. The molecule has 2 rings (SSSR count). The molecule has 0 atom stereocenters. The van der Waals surface area contributed by atoms with Crippen molar-refractivity contribution >= 4 is 23.1 Å². The van der Waals surface area contributed by atoms with E-state index in [0.29, 0.717) is 10.6 Å². The van der Waals surface area contributed by atoms with Crippen LogP contribution in [0.25, 0.3) is 0 Å². The number of piperidine rings is 1. The van der Waals surface area contributed by atoms with Crippen LogP contribution in [0.1, 0.15) is 35.2 Å². The van der Waals surface area contributed by atoms with E-state index in [4.69, 9.17) is 18.0 Å². The first kappa shape index (κ1) is 13.0. The first-order valence-corrected chi connectivity index (χ1v) is 6.53. The van der Waals surface area contributed by atoms with Crippen molar-refractivity contribution in [2.24, 2.45) is 5.73 Å². The summed E-state index contributed by atoms with van der Waals surface area (Å²) in [5.74, 6) is -0.0774. The number of carbonyl (C=O) groups excluding carboxylic acids is 1. The summed E-state index contributed by atoms with van der Waals surface area (Å²) in [5, 5.41) is 1.98. The van der Waals surface area contributed by atoms with Crippen LogP contribution in [0.15, 0.2) is 24.3 Å². The summed E-state index contributed by atoms with van der Waals surface area (Å²) < 4.78 is 0. The van der Waals surface area contributed by atoms with Crippen LogP contribution >= 0.6 is 12.2 Å². The normalized spacial score (nSPS) is 16.2. The largest absolute Gasteiger partial charge is 0.389 e. The summed E-state index contributed by atoms with van der Waals surface area (Å²) in [6.07, 6.45) is 3.52. The number of hydrogen-bond donors (Lipinski definition) is 2. The molecule has 0 spiro atoms. The molecule has 1 heterocycles. The molecule has 1 aromatic carbocycles. The van der Waals surface area contributed by atoms with E-state index >= 15 is 0 Å². The maximum Gasteiger partial charge on any atom is 0.265 e. The predicted molar refractivity (Wildman–Crippen MR) is 75.2 cm³/mol. The Kier molecular flexibility index (Phi) is 4.28. The van der Waals surface area contributed by atoms with E-state index in [-0.39, 0.29) is 5.91 Å². The lowest BCUT2D eigenvalue weighted by Crippen LogP contribution is -2.45. The van der Waals surface area contributed by atoms with Gasteiger partial charge in [-0.1, -0.05) is 30.8 Å². The Morgan fingerprint density at radius 2 is 1.67 bits per heavy atom. The minimum absolute atomic E-state index is 0.0774. The van der Waals surface area contributed by atoms with Gasteiger partial charge in [0.05, 0.1) is 0 Å². The second kappa shape index (κ2) is 5.93. The molecule has 1 aliphatic rings. The van der Waals surface area contributed by atoms with Gasteiger partial charge in [0.25, 0.3) is 5.91 Å². The van der Waals surface area contributed by atoms with E-state index in [2.05, 4.69) is 5.43 Å². The van der Waals surface area contributed by atoms with Crippen LogP contribution in [0.5, 0.6) is 0 Å². The van der Waals surface area contributed by atoms with Crippen molar-refractivity contribution in [3.63, 3.8) is 0 Å². The van der Waals surface area contributed by atoms with Crippen molar-refractivity contribution in [2.45, 2.75) is 19.3 Å². The SMILES string of the molecule is NC(=S)c1ccc(C(=O)NN2CCCCC2)cc1. The molecule has 0 saturated carbocycles. The molecule has 1 saturated heterocycles. The van der Waals surface area contributed by atoms with E-state index in [1.54, 1.807) is 24.3 Å². The zero-order valence-electron chi connectivity index (χ0n) is 10.2. The monoisotopic (exact) mass is 263 g/mol. The molecule has 4 nitrogen and oxygen atoms in total. The quantitative estimate of drug-likeness (QED) is 0.810. The third-order valence-electron chi connectivity index (χ3n) is 3.05. The van der Waals surface area contributed by atoms with Gasteiger partial charge in [0.1, 0.15) is 4.99 Å². The number of amides is 1. The summed E-state index contributed by atoms with van der Waals surface area (Å²) in [7, 11) is 0. The van der Waals surface area contributed by atoms with E-state index in [1.807, 2.05) is 5.01 Å². The molecular formula is C13H17N3OS. The molecule has 1 fully saturated rings. The number of nitrogens with one attached hydrogen (secondary N) is 1. The zero-order chi connectivity index (χ0) is 13.0. The van der Waals surface area contributed by atoms with E-state index in [1.165, 1.54) is 6.42 Å². The van der Waals surface area contributed by atoms with Crippen molar-refractivity contribution in [1.82, 2.24) is 10.4 Å². The fourth-order valence-corrected chi connectivity index (χ4v) is 2.14. The Bertz CT molecular complexity index is 438. The number of thiocarbonyl (C=S) groups is 1. The van der Waals surface area contributed by atoms with Gasteiger partial charge in [-0.2, -0.15) is 0 Å². The Morgan fingerprint density at radius 1 is 1.11 bits per heavy atom. The summed E-state index contributed by atoms with van der Waals surface area (Å²) >= 11 is 4.87. The van der Waals surface area contributed by atoms with Crippen LogP contribution in [0.3, 0.4) is 0 Å². The van der Waals surface area contributed by atoms with Crippen LogP contribution in [0, 0.1) is 0 Å². The van der Waals surface area contributed by atoms with Crippen LogP contribution in [-0.2, 0) is 0 Å². The van der Waals surface area contributed by atoms with Crippen molar-refractivity contribution in [3.8, 4) is 0 Å². The standard InChI is InChI=1S/C13H17N3OS/c14-12(18)10-4-6-11(7-5-10)13(17)15-16-8-2-1-3-9-16/h4-7H,1-3,8-9H2,(H2,14,18)(H,15,17).